The minimum atomic E-state index is 0.0478. The molecule has 0 saturated carbocycles. The van der Waals surface area contributed by atoms with Gasteiger partial charge in [0, 0.05) is 26.0 Å². The molecule has 8 heteroatoms. The van der Waals surface area contributed by atoms with Gasteiger partial charge in [0.15, 0.2) is 5.82 Å². The van der Waals surface area contributed by atoms with Gasteiger partial charge >= 0.3 is 0 Å². The number of likely N-dealkylation sites (tertiary alicyclic amines) is 1. The Morgan fingerprint density at radius 1 is 1.43 bits per heavy atom. The predicted octanol–water partition coefficient (Wildman–Crippen LogP) is 1.64. The van der Waals surface area contributed by atoms with Gasteiger partial charge in [0.05, 0.1) is 18.3 Å². The van der Waals surface area contributed by atoms with Crippen molar-refractivity contribution in [2.24, 2.45) is 0 Å². The molecule has 1 N–H and O–H groups in total. The number of carbonyl (C=O) groups is 1. The number of nitrogens with one attached hydrogen (secondary N) is 1. The number of amides is 1. The lowest BCUT2D eigenvalue weighted by Gasteiger charge is -2.40. The van der Waals surface area contributed by atoms with Crippen molar-refractivity contribution in [1.29, 1.82) is 0 Å². The normalized spacial score (nSPS) is 17.0. The van der Waals surface area contributed by atoms with E-state index < -0.39 is 0 Å². The minimum Gasteiger partial charge on any atom is -0.363 e. The van der Waals surface area contributed by atoms with Crippen molar-refractivity contribution >= 4 is 11.7 Å². The van der Waals surface area contributed by atoms with Gasteiger partial charge in [0.2, 0.25) is 11.8 Å². The second kappa shape index (κ2) is 6.31. The van der Waals surface area contributed by atoms with Crippen LogP contribution >= 0.6 is 0 Å². The average molecular weight is 316 g/mol. The molecule has 23 heavy (non-hydrogen) atoms. The smallest absolute Gasteiger partial charge is 0.226 e. The highest BCUT2D eigenvalue weighted by Gasteiger charge is 2.32. The predicted molar refractivity (Wildman–Crippen MR) is 82.5 cm³/mol. The highest BCUT2D eigenvalue weighted by Crippen LogP contribution is 2.32. The van der Waals surface area contributed by atoms with Crippen molar-refractivity contribution in [2.45, 2.75) is 46.2 Å². The molecule has 0 aromatic carbocycles. The number of carbonyl (C=O) groups excluding carboxylic acids is 1. The number of hydrogen-bond donors (Lipinski definition) is 1. The summed E-state index contributed by atoms with van der Waals surface area (Å²) in [6.45, 7) is 6.61. The van der Waals surface area contributed by atoms with E-state index >= 15 is 0 Å². The van der Waals surface area contributed by atoms with Crippen LogP contribution in [0.25, 0.3) is 0 Å². The first-order chi connectivity index (χ1) is 11.1. The number of aromatic nitrogens is 4. The number of hydrogen-bond acceptors (Lipinski definition) is 7. The summed E-state index contributed by atoms with van der Waals surface area (Å²) in [6.07, 6.45) is 1.65. The number of nitrogens with zero attached hydrogens (tertiary/aromatic N) is 5. The maximum Gasteiger partial charge on any atom is 0.226 e. The van der Waals surface area contributed by atoms with Crippen LogP contribution in [-0.2, 0) is 17.8 Å². The van der Waals surface area contributed by atoms with E-state index in [1.165, 1.54) is 0 Å². The fourth-order valence-corrected chi connectivity index (χ4v) is 2.60. The lowest BCUT2D eigenvalue weighted by atomic mass is 9.99. The summed E-state index contributed by atoms with van der Waals surface area (Å²) in [5.74, 6) is 2.65. The van der Waals surface area contributed by atoms with Crippen molar-refractivity contribution in [3.63, 3.8) is 0 Å². The summed E-state index contributed by atoms with van der Waals surface area (Å²) in [7, 11) is 0. The topological polar surface area (TPSA) is 97.0 Å². The quantitative estimate of drug-likeness (QED) is 0.895. The van der Waals surface area contributed by atoms with Gasteiger partial charge < -0.3 is 14.7 Å². The number of anilines is 1. The number of rotatable bonds is 5. The highest BCUT2D eigenvalue weighted by molar-refractivity contribution is 5.74. The van der Waals surface area contributed by atoms with E-state index in [0.29, 0.717) is 36.3 Å². The average Bonchev–Trinajstić information content (AvgIpc) is 2.91. The second-order valence-corrected chi connectivity index (χ2v) is 5.55. The monoisotopic (exact) mass is 316 g/mol. The second-order valence-electron chi connectivity index (χ2n) is 5.55. The van der Waals surface area contributed by atoms with E-state index in [9.17, 15) is 4.79 Å². The summed E-state index contributed by atoms with van der Waals surface area (Å²) in [5.41, 5.74) is 0.865. The Morgan fingerprint density at radius 2 is 2.26 bits per heavy atom. The molecule has 2 aromatic rings. The van der Waals surface area contributed by atoms with E-state index in [2.05, 4.69) is 25.4 Å². The third kappa shape index (κ3) is 3.30. The van der Waals surface area contributed by atoms with Crippen molar-refractivity contribution < 1.29 is 9.32 Å². The van der Waals surface area contributed by atoms with Crippen LogP contribution in [0, 0.1) is 6.92 Å². The molecular weight excluding hydrogens is 296 g/mol. The maximum atomic E-state index is 11.6. The van der Waals surface area contributed by atoms with Gasteiger partial charge in [-0.3, -0.25) is 4.79 Å². The molecule has 0 radical (unpaired) electrons. The zero-order valence-corrected chi connectivity index (χ0v) is 13.5. The van der Waals surface area contributed by atoms with Crippen LogP contribution in [0.1, 0.15) is 49.5 Å². The first-order valence-electron chi connectivity index (χ1n) is 7.75. The van der Waals surface area contributed by atoms with Gasteiger partial charge in [0.25, 0.3) is 0 Å². The van der Waals surface area contributed by atoms with Gasteiger partial charge in [-0.25, -0.2) is 9.97 Å². The Hall–Kier alpha value is -2.51. The summed E-state index contributed by atoms with van der Waals surface area (Å²) in [5, 5.41) is 7.09. The van der Waals surface area contributed by atoms with E-state index in [0.717, 1.165) is 18.7 Å². The molecular formula is C15H20N6O2. The van der Waals surface area contributed by atoms with Gasteiger partial charge in [-0.05, 0) is 13.3 Å². The largest absolute Gasteiger partial charge is 0.363 e. The van der Waals surface area contributed by atoms with Crippen LogP contribution in [0.5, 0.6) is 0 Å². The van der Waals surface area contributed by atoms with E-state index in [4.69, 9.17) is 4.52 Å². The van der Waals surface area contributed by atoms with Crippen LogP contribution < -0.4 is 5.32 Å². The van der Waals surface area contributed by atoms with E-state index in [-0.39, 0.29) is 11.9 Å². The minimum absolute atomic E-state index is 0.0478. The molecule has 8 nitrogen and oxygen atoms in total. The molecule has 0 bridgehead atoms. The van der Waals surface area contributed by atoms with Gasteiger partial charge in [-0.2, -0.15) is 4.98 Å². The number of aryl methyl sites for hydroxylation is 2. The fourth-order valence-electron chi connectivity index (χ4n) is 2.60. The van der Waals surface area contributed by atoms with Gasteiger partial charge in [-0.1, -0.05) is 12.1 Å². The molecule has 1 saturated heterocycles. The molecule has 122 valence electrons. The highest BCUT2D eigenvalue weighted by atomic mass is 16.5. The van der Waals surface area contributed by atoms with Crippen LogP contribution in [0.3, 0.4) is 0 Å². The molecule has 1 aliphatic rings. The zero-order chi connectivity index (χ0) is 16.4. The Balaban J connectivity index is 1.71. The molecule has 1 aliphatic heterocycles. The maximum absolute atomic E-state index is 11.6. The lowest BCUT2D eigenvalue weighted by molar-refractivity contribution is -0.136. The molecule has 3 heterocycles. The standard InChI is InChI=1S/C15H20N6O2/c1-4-15-19-14(20-23-15)8-16-13-7-11(17-9(2)18-13)12-5-6-21(12)10(3)22/h7,12H,4-6,8H2,1-3H3,(H,16,17,18)/t12-/m0/s1. The van der Waals surface area contributed by atoms with Crippen molar-refractivity contribution in [3.8, 4) is 0 Å². The first-order valence-corrected chi connectivity index (χ1v) is 7.75. The van der Waals surface area contributed by atoms with Crippen LogP contribution in [0.4, 0.5) is 5.82 Å². The first kappa shape index (κ1) is 15.4. The summed E-state index contributed by atoms with van der Waals surface area (Å²) in [6, 6.07) is 1.93. The molecule has 1 fully saturated rings. The van der Waals surface area contributed by atoms with E-state index in [1.807, 2.05) is 24.8 Å². The molecule has 1 amide bonds. The molecule has 3 rings (SSSR count). The Labute approximate surface area is 134 Å². The van der Waals surface area contributed by atoms with Gasteiger partial charge in [0.1, 0.15) is 11.6 Å². The third-order valence-corrected chi connectivity index (χ3v) is 3.86. The van der Waals surface area contributed by atoms with Crippen molar-refractivity contribution in [2.75, 3.05) is 11.9 Å². The SMILES string of the molecule is CCc1nc(CNc2cc([C@@H]3CCN3C(C)=O)nc(C)n2)no1. The van der Waals surface area contributed by atoms with Crippen LogP contribution in [-0.4, -0.2) is 37.5 Å². The van der Waals surface area contributed by atoms with E-state index in [1.54, 1.807) is 6.92 Å². The summed E-state index contributed by atoms with van der Waals surface area (Å²) in [4.78, 5) is 26.5. The molecule has 1 atom stereocenters. The van der Waals surface area contributed by atoms with Crippen molar-refractivity contribution in [3.05, 3.63) is 29.3 Å². The molecule has 0 spiro atoms. The molecule has 0 unspecified atom stereocenters. The Bertz CT molecular complexity index is 714. The third-order valence-electron chi connectivity index (χ3n) is 3.86. The zero-order valence-electron chi connectivity index (χ0n) is 13.5. The van der Waals surface area contributed by atoms with Crippen LogP contribution in [0.2, 0.25) is 0 Å². The van der Waals surface area contributed by atoms with Crippen molar-refractivity contribution in [1.82, 2.24) is 25.0 Å². The molecule has 2 aromatic heterocycles. The van der Waals surface area contributed by atoms with Gasteiger partial charge in [-0.15, -0.1) is 0 Å². The lowest BCUT2D eigenvalue weighted by Crippen LogP contribution is -2.44. The van der Waals surface area contributed by atoms with Crippen LogP contribution in [0.15, 0.2) is 10.6 Å². The Kier molecular flexibility index (Phi) is 4.22. The molecule has 0 aliphatic carbocycles. The fraction of sp³-hybridized carbons (Fsp3) is 0.533. The summed E-state index contributed by atoms with van der Waals surface area (Å²) < 4.78 is 5.08. The summed E-state index contributed by atoms with van der Waals surface area (Å²) >= 11 is 0. The Morgan fingerprint density at radius 3 is 2.87 bits per heavy atom.